The lowest BCUT2D eigenvalue weighted by Crippen LogP contribution is -2.41. The summed E-state index contributed by atoms with van der Waals surface area (Å²) in [5, 5.41) is 2.77. The van der Waals surface area contributed by atoms with E-state index in [0.717, 1.165) is 28.9 Å². The highest BCUT2D eigenvalue weighted by Crippen LogP contribution is 2.29. The molecule has 146 valence electrons. The van der Waals surface area contributed by atoms with Gasteiger partial charge in [0, 0.05) is 5.56 Å². The quantitative estimate of drug-likeness (QED) is 0.612. The largest absolute Gasteiger partial charge is 0.325 e. The van der Waals surface area contributed by atoms with Gasteiger partial charge in [0.15, 0.2) is 5.78 Å². The van der Waals surface area contributed by atoms with Gasteiger partial charge in [0.05, 0.1) is 6.54 Å². The zero-order valence-electron chi connectivity index (χ0n) is 16.8. The molecular weight excluding hydrogens is 352 g/mol. The van der Waals surface area contributed by atoms with Gasteiger partial charge in [0.25, 0.3) is 5.91 Å². The SMILES string of the molecule is CCCc1ccc([C@@]2(C)NC(=O)N(CC(=O)c3cc(C)ccc3C)C2=O)cc1. The molecule has 2 aromatic rings. The van der Waals surface area contributed by atoms with Gasteiger partial charge in [-0.2, -0.15) is 0 Å². The lowest BCUT2D eigenvalue weighted by Gasteiger charge is -2.22. The second kappa shape index (κ2) is 7.58. The molecule has 0 radical (unpaired) electrons. The van der Waals surface area contributed by atoms with Gasteiger partial charge in [-0.25, -0.2) is 4.79 Å². The van der Waals surface area contributed by atoms with Crippen molar-refractivity contribution < 1.29 is 14.4 Å². The van der Waals surface area contributed by atoms with E-state index in [4.69, 9.17) is 0 Å². The average molecular weight is 378 g/mol. The number of aryl methyl sites for hydroxylation is 3. The number of hydrogen-bond donors (Lipinski definition) is 1. The molecule has 0 spiro atoms. The van der Waals surface area contributed by atoms with Crippen molar-refractivity contribution in [2.75, 3.05) is 6.54 Å². The van der Waals surface area contributed by atoms with Crippen LogP contribution in [0, 0.1) is 13.8 Å². The number of rotatable bonds is 6. The maximum atomic E-state index is 13.1. The molecule has 3 rings (SSSR count). The Morgan fingerprint density at radius 3 is 2.39 bits per heavy atom. The van der Waals surface area contributed by atoms with Crippen LogP contribution in [0.5, 0.6) is 0 Å². The number of ketones is 1. The molecule has 0 bridgehead atoms. The van der Waals surface area contributed by atoms with Gasteiger partial charge in [-0.1, -0.05) is 55.3 Å². The molecule has 1 atom stereocenters. The van der Waals surface area contributed by atoms with Crippen LogP contribution in [-0.4, -0.2) is 29.2 Å². The van der Waals surface area contributed by atoms with Crippen molar-refractivity contribution in [1.82, 2.24) is 10.2 Å². The van der Waals surface area contributed by atoms with E-state index in [1.165, 1.54) is 5.56 Å². The van der Waals surface area contributed by atoms with Crippen LogP contribution in [0.15, 0.2) is 42.5 Å². The van der Waals surface area contributed by atoms with Crippen molar-refractivity contribution in [3.63, 3.8) is 0 Å². The zero-order valence-corrected chi connectivity index (χ0v) is 16.8. The van der Waals surface area contributed by atoms with Crippen LogP contribution in [0.2, 0.25) is 0 Å². The molecule has 1 fully saturated rings. The number of carbonyl (C=O) groups is 3. The van der Waals surface area contributed by atoms with Gasteiger partial charge >= 0.3 is 6.03 Å². The summed E-state index contributed by atoms with van der Waals surface area (Å²) >= 11 is 0. The van der Waals surface area contributed by atoms with Crippen molar-refractivity contribution in [3.05, 3.63) is 70.3 Å². The van der Waals surface area contributed by atoms with Crippen LogP contribution in [0.3, 0.4) is 0 Å². The second-order valence-corrected chi connectivity index (χ2v) is 7.63. The predicted molar refractivity (Wildman–Crippen MR) is 108 cm³/mol. The van der Waals surface area contributed by atoms with Crippen molar-refractivity contribution in [1.29, 1.82) is 0 Å². The highest BCUT2D eigenvalue weighted by atomic mass is 16.2. The zero-order chi connectivity index (χ0) is 20.5. The molecule has 1 N–H and O–H groups in total. The first-order valence-corrected chi connectivity index (χ1v) is 9.60. The third kappa shape index (κ3) is 3.57. The van der Waals surface area contributed by atoms with E-state index in [1.807, 2.05) is 50.2 Å². The van der Waals surface area contributed by atoms with Crippen LogP contribution in [0.1, 0.15) is 52.9 Å². The number of nitrogens with zero attached hydrogens (tertiary/aromatic N) is 1. The fourth-order valence-electron chi connectivity index (χ4n) is 3.59. The van der Waals surface area contributed by atoms with Gasteiger partial charge in [-0.05, 0) is 49.9 Å². The van der Waals surface area contributed by atoms with E-state index < -0.39 is 17.5 Å². The Balaban J connectivity index is 1.83. The van der Waals surface area contributed by atoms with Gasteiger partial charge in [0.1, 0.15) is 5.54 Å². The summed E-state index contributed by atoms with van der Waals surface area (Å²) in [6, 6.07) is 12.8. The van der Waals surface area contributed by atoms with Crippen molar-refractivity contribution in [2.45, 2.75) is 46.1 Å². The van der Waals surface area contributed by atoms with Crippen LogP contribution in [-0.2, 0) is 16.8 Å². The number of hydrogen-bond acceptors (Lipinski definition) is 3. The van der Waals surface area contributed by atoms with E-state index in [0.29, 0.717) is 11.1 Å². The van der Waals surface area contributed by atoms with E-state index in [9.17, 15) is 14.4 Å². The third-order valence-electron chi connectivity index (χ3n) is 5.34. The first-order valence-electron chi connectivity index (χ1n) is 9.60. The highest BCUT2D eigenvalue weighted by Gasteiger charge is 2.49. The maximum absolute atomic E-state index is 13.1. The molecule has 0 unspecified atom stereocenters. The summed E-state index contributed by atoms with van der Waals surface area (Å²) in [4.78, 5) is 39.3. The molecule has 5 heteroatoms. The molecule has 1 aliphatic rings. The third-order valence-corrected chi connectivity index (χ3v) is 5.34. The summed E-state index contributed by atoms with van der Waals surface area (Å²) in [6.45, 7) is 7.29. The highest BCUT2D eigenvalue weighted by molar-refractivity contribution is 6.11. The summed E-state index contributed by atoms with van der Waals surface area (Å²) in [5.41, 5.74) is 3.07. The molecule has 5 nitrogen and oxygen atoms in total. The number of imide groups is 1. The second-order valence-electron chi connectivity index (χ2n) is 7.63. The van der Waals surface area contributed by atoms with E-state index in [-0.39, 0.29) is 12.3 Å². The molecule has 28 heavy (non-hydrogen) atoms. The summed E-state index contributed by atoms with van der Waals surface area (Å²) in [7, 11) is 0. The smallest absolute Gasteiger partial charge is 0.319 e. The summed E-state index contributed by atoms with van der Waals surface area (Å²) < 4.78 is 0. The topological polar surface area (TPSA) is 66.5 Å². The molecule has 1 aliphatic heterocycles. The molecule has 0 aromatic heterocycles. The number of Topliss-reactive ketones (excluding diaryl/α,β-unsaturated/α-hetero) is 1. The minimum absolute atomic E-state index is 0.243. The Morgan fingerprint density at radius 2 is 1.75 bits per heavy atom. The number of urea groups is 1. The Bertz CT molecular complexity index is 933. The van der Waals surface area contributed by atoms with Gasteiger partial charge in [-0.15, -0.1) is 0 Å². The number of benzene rings is 2. The van der Waals surface area contributed by atoms with Crippen molar-refractivity contribution >= 4 is 17.7 Å². The van der Waals surface area contributed by atoms with E-state index >= 15 is 0 Å². The van der Waals surface area contributed by atoms with Crippen LogP contribution in [0.4, 0.5) is 4.79 Å². The summed E-state index contributed by atoms with van der Waals surface area (Å²) in [5.74, 6) is -0.647. The van der Waals surface area contributed by atoms with Gasteiger partial charge < -0.3 is 5.32 Å². The average Bonchev–Trinajstić information content (AvgIpc) is 2.88. The maximum Gasteiger partial charge on any atom is 0.325 e. The standard InChI is InChI=1S/C23H26N2O3/c1-5-6-17-9-11-18(12-10-17)23(4)21(27)25(22(28)24-23)14-20(26)19-13-15(2)7-8-16(19)3/h7-13H,5-6,14H2,1-4H3,(H,24,28)/t23-/m1/s1. The van der Waals surface area contributed by atoms with E-state index in [2.05, 4.69) is 12.2 Å². The fraction of sp³-hybridized carbons (Fsp3) is 0.348. The van der Waals surface area contributed by atoms with Crippen molar-refractivity contribution in [3.8, 4) is 0 Å². The molecule has 0 aliphatic carbocycles. The number of amides is 3. The first kappa shape index (κ1) is 19.8. The van der Waals surface area contributed by atoms with Crippen LogP contribution >= 0.6 is 0 Å². The minimum Gasteiger partial charge on any atom is -0.319 e. The van der Waals surface area contributed by atoms with Crippen molar-refractivity contribution in [2.24, 2.45) is 0 Å². The molecule has 3 amide bonds. The number of carbonyl (C=O) groups excluding carboxylic acids is 3. The molecular formula is C23H26N2O3. The Labute approximate surface area is 165 Å². The molecule has 1 heterocycles. The van der Waals surface area contributed by atoms with Gasteiger partial charge in [-0.3, -0.25) is 14.5 Å². The minimum atomic E-state index is -1.16. The molecule has 0 saturated carbocycles. The Morgan fingerprint density at radius 1 is 1.07 bits per heavy atom. The predicted octanol–water partition coefficient (Wildman–Crippen LogP) is 3.91. The summed E-state index contributed by atoms with van der Waals surface area (Å²) in [6.07, 6.45) is 2.01. The Kier molecular flexibility index (Phi) is 5.36. The number of nitrogens with one attached hydrogen (secondary N) is 1. The Hall–Kier alpha value is -2.95. The van der Waals surface area contributed by atoms with Crippen LogP contribution in [0.25, 0.3) is 0 Å². The fourth-order valence-corrected chi connectivity index (χ4v) is 3.59. The molecule has 2 aromatic carbocycles. The van der Waals surface area contributed by atoms with Gasteiger partial charge in [0.2, 0.25) is 0 Å². The lowest BCUT2D eigenvalue weighted by molar-refractivity contribution is -0.130. The normalized spacial score (nSPS) is 19.1. The monoisotopic (exact) mass is 378 g/mol. The molecule has 1 saturated heterocycles. The van der Waals surface area contributed by atoms with E-state index in [1.54, 1.807) is 13.0 Å². The lowest BCUT2D eigenvalue weighted by atomic mass is 9.91. The first-order chi connectivity index (χ1) is 13.3. The van der Waals surface area contributed by atoms with Crippen LogP contribution < -0.4 is 5.32 Å².